The number of hydrogen-bond acceptors (Lipinski definition) is 0. The Morgan fingerprint density at radius 3 is 1.56 bits per heavy atom. The van der Waals surface area contributed by atoms with E-state index in [0.29, 0.717) is 0 Å². The Balaban J connectivity index is 2.77. The van der Waals surface area contributed by atoms with Crippen molar-refractivity contribution >= 4 is 20.9 Å². The van der Waals surface area contributed by atoms with E-state index in [1.807, 2.05) is 0 Å². The Labute approximate surface area is 58.8 Å². The fourth-order valence-electron chi connectivity index (χ4n) is 1.51. The minimum atomic E-state index is -0.645. The maximum atomic E-state index is 4.14. The van der Waals surface area contributed by atoms with Gasteiger partial charge in [-0.3, -0.25) is 0 Å². The van der Waals surface area contributed by atoms with Crippen LogP contribution in [0.25, 0.3) is 0 Å². The van der Waals surface area contributed by atoms with E-state index in [1.54, 1.807) is 0 Å². The Morgan fingerprint density at radius 2 is 1.44 bits per heavy atom. The van der Waals surface area contributed by atoms with E-state index >= 15 is 0 Å². The molecule has 0 amide bonds. The first-order valence-corrected chi connectivity index (χ1v) is 5.77. The van der Waals surface area contributed by atoms with Crippen molar-refractivity contribution in [3.63, 3.8) is 0 Å². The van der Waals surface area contributed by atoms with Gasteiger partial charge in [0, 0.05) is 0 Å². The van der Waals surface area contributed by atoms with Gasteiger partial charge in [0.25, 0.3) is 0 Å². The topological polar surface area (TPSA) is 0 Å². The molecule has 1 heterocycles. The highest BCUT2D eigenvalue weighted by Gasteiger charge is 2.22. The molecule has 0 bridgehead atoms. The molecule has 1 rings (SSSR count). The van der Waals surface area contributed by atoms with Gasteiger partial charge >= 0.3 is 0 Å². The van der Waals surface area contributed by atoms with Crippen LogP contribution in [0.15, 0.2) is 0 Å². The molecule has 0 spiro atoms. The molecule has 1 aliphatic rings. The molecule has 1 aliphatic heterocycles. The summed E-state index contributed by atoms with van der Waals surface area (Å²) in [4.78, 5) is 0. The van der Waals surface area contributed by atoms with Gasteiger partial charge in [0.2, 0.25) is 0 Å². The molecule has 0 nitrogen and oxygen atoms in total. The predicted molar refractivity (Wildman–Crippen MR) is 49.9 cm³/mol. The SMILES string of the molecule is C=S1(=C)C[C@@H](C)[C@@H](C)C1. The van der Waals surface area contributed by atoms with Crippen LogP contribution in [0, 0.1) is 11.8 Å². The Morgan fingerprint density at radius 1 is 1.11 bits per heavy atom. The standard InChI is InChI=1S/C8H16S/c1-7-5-9(3,4)6-8(7)2/h7-8H,3-6H2,1-2H3/t7-,8+. The largest absolute Gasteiger partial charge is 0.214 e. The highest BCUT2D eigenvalue weighted by molar-refractivity contribution is 8.27. The lowest BCUT2D eigenvalue weighted by molar-refractivity contribution is 0.494. The molecule has 0 aliphatic carbocycles. The molecule has 0 aromatic carbocycles. The highest BCUT2D eigenvalue weighted by atomic mass is 32.2. The minimum Gasteiger partial charge on any atom is -0.214 e. The maximum Gasteiger partial charge on any atom is -0.0140 e. The second kappa shape index (κ2) is 2.05. The summed E-state index contributed by atoms with van der Waals surface area (Å²) in [7, 11) is -0.645. The molecule has 0 saturated carbocycles. The van der Waals surface area contributed by atoms with Gasteiger partial charge in [-0.15, -0.1) is 0 Å². The van der Waals surface area contributed by atoms with E-state index in [-0.39, 0.29) is 0 Å². The van der Waals surface area contributed by atoms with Crippen molar-refractivity contribution in [3.05, 3.63) is 0 Å². The van der Waals surface area contributed by atoms with Gasteiger partial charge in [0.05, 0.1) is 0 Å². The third kappa shape index (κ3) is 1.51. The Kier molecular flexibility index (Phi) is 1.64. The molecule has 54 valence electrons. The van der Waals surface area contributed by atoms with Crippen LogP contribution in [-0.4, -0.2) is 23.2 Å². The molecular weight excluding hydrogens is 128 g/mol. The fourth-order valence-corrected chi connectivity index (χ4v) is 4.54. The predicted octanol–water partition coefficient (Wildman–Crippen LogP) is 1.94. The van der Waals surface area contributed by atoms with Crippen LogP contribution in [0.3, 0.4) is 0 Å². The summed E-state index contributed by atoms with van der Waals surface area (Å²) in [5.41, 5.74) is 0. The van der Waals surface area contributed by atoms with Crippen molar-refractivity contribution in [1.29, 1.82) is 0 Å². The third-order valence-electron chi connectivity index (χ3n) is 2.20. The van der Waals surface area contributed by atoms with Crippen LogP contribution in [0.5, 0.6) is 0 Å². The average Bonchev–Trinajstić information content (AvgIpc) is 1.79. The van der Waals surface area contributed by atoms with Crippen LogP contribution >= 0.6 is 9.21 Å². The summed E-state index contributed by atoms with van der Waals surface area (Å²) >= 11 is 0. The zero-order valence-electron chi connectivity index (χ0n) is 6.39. The van der Waals surface area contributed by atoms with Gasteiger partial charge < -0.3 is 0 Å². The van der Waals surface area contributed by atoms with Gasteiger partial charge in [0.1, 0.15) is 0 Å². The van der Waals surface area contributed by atoms with Crippen molar-refractivity contribution in [1.82, 2.24) is 0 Å². The van der Waals surface area contributed by atoms with Crippen molar-refractivity contribution < 1.29 is 0 Å². The molecule has 9 heavy (non-hydrogen) atoms. The molecule has 0 unspecified atom stereocenters. The smallest absolute Gasteiger partial charge is 0.0140 e. The summed E-state index contributed by atoms with van der Waals surface area (Å²) in [5.74, 6) is 12.6. The number of rotatable bonds is 0. The van der Waals surface area contributed by atoms with Crippen molar-refractivity contribution in [3.8, 4) is 0 Å². The van der Waals surface area contributed by atoms with Gasteiger partial charge in [-0.1, -0.05) is 25.6 Å². The Bertz CT molecular complexity index is 171. The molecule has 0 aromatic heterocycles. The van der Waals surface area contributed by atoms with E-state index < -0.39 is 9.21 Å². The molecule has 1 heteroatoms. The van der Waals surface area contributed by atoms with Gasteiger partial charge in [-0.25, -0.2) is 9.21 Å². The second-order valence-electron chi connectivity index (χ2n) is 3.51. The monoisotopic (exact) mass is 144 g/mol. The highest BCUT2D eigenvalue weighted by Crippen LogP contribution is 2.37. The van der Waals surface area contributed by atoms with E-state index in [2.05, 4.69) is 25.6 Å². The van der Waals surface area contributed by atoms with Crippen LogP contribution in [0.4, 0.5) is 0 Å². The van der Waals surface area contributed by atoms with Crippen LogP contribution < -0.4 is 0 Å². The van der Waals surface area contributed by atoms with Crippen LogP contribution in [0.1, 0.15) is 13.8 Å². The Hall–Kier alpha value is 0.0900. The molecule has 1 fully saturated rings. The fraction of sp³-hybridized carbons (Fsp3) is 0.750. The lowest BCUT2D eigenvalue weighted by Crippen LogP contribution is -2.01. The molecule has 0 N–H and O–H groups in total. The van der Waals surface area contributed by atoms with Gasteiger partial charge in [0.15, 0.2) is 0 Å². The van der Waals surface area contributed by atoms with E-state index in [4.69, 9.17) is 0 Å². The van der Waals surface area contributed by atoms with E-state index in [1.165, 1.54) is 11.5 Å². The quantitative estimate of drug-likeness (QED) is 0.456. The average molecular weight is 144 g/mol. The molecular formula is C8H16S. The van der Waals surface area contributed by atoms with Gasteiger partial charge in [-0.05, 0) is 23.3 Å². The minimum absolute atomic E-state index is 0.645. The van der Waals surface area contributed by atoms with Crippen molar-refractivity contribution in [2.24, 2.45) is 11.8 Å². The third-order valence-corrected chi connectivity index (χ3v) is 4.67. The summed E-state index contributed by atoms with van der Waals surface area (Å²) in [6, 6.07) is 0. The number of hydrogen-bond donors (Lipinski definition) is 0. The van der Waals surface area contributed by atoms with Gasteiger partial charge in [-0.2, -0.15) is 0 Å². The van der Waals surface area contributed by atoms with Crippen LogP contribution in [0.2, 0.25) is 0 Å². The summed E-state index contributed by atoms with van der Waals surface area (Å²) in [5, 5.41) is 0. The normalized spacial score (nSPS) is 41.1. The molecule has 1 saturated heterocycles. The van der Waals surface area contributed by atoms with Crippen molar-refractivity contribution in [2.75, 3.05) is 11.5 Å². The first-order chi connectivity index (χ1) is 4.01. The summed E-state index contributed by atoms with van der Waals surface area (Å²) < 4.78 is 0. The van der Waals surface area contributed by atoms with E-state index in [0.717, 1.165) is 11.8 Å². The molecule has 2 atom stereocenters. The maximum absolute atomic E-state index is 4.14. The summed E-state index contributed by atoms with van der Waals surface area (Å²) in [6.45, 7) is 4.63. The zero-order valence-corrected chi connectivity index (χ0v) is 7.21. The van der Waals surface area contributed by atoms with Crippen molar-refractivity contribution in [2.45, 2.75) is 13.8 Å². The first-order valence-electron chi connectivity index (χ1n) is 3.46. The lowest BCUT2D eigenvalue weighted by Gasteiger charge is -2.03. The first kappa shape index (κ1) is 7.20. The van der Waals surface area contributed by atoms with E-state index in [9.17, 15) is 0 Å². The second-order valence-corrected chi connectivity index (χ2v) is 6.63. The molecule has 0 radical (unpaired) electrons. The zero-order chi connectivity index (χ0) is 7.07. The lowest BCUT2D eigenvalue weighted by atomic mass is 10.0. The summed E-state index contributed by atoms with van der Waals surface area (Å²) in [6.07, 6.45) is 0. The van der Waals surface area contributed by atoms with Crippen LogP contribution in [-0.2, 0) is 0 Å². The molecule has 0 aromatic rings.